The first-order valence-electron chi connectivity index (χ1n) is 8.38. The zero-order valence-corrected chi connectivity index (χ0v) is 14.6. The third-order valence-electron chi connectivity index (χ3n) is 3.38. The fourth-order valence-corrected chi connectivity index (χ4v) is 2.15. The van der Waals surface area contributed by atoms with Gasteiger partial charge in [0.1, 0.15) is 6.10 Å². The number of ether oxygens (including phenoxy) is 2. The molecule has 0 fully saturated rings. The van der Waals surface area contributed by atoms with E-state index in [0.717, 1.165) is 24.8 Å². The lowest BCUT2D eigenvalue weighted by Crippen LogP contribution is -2.21. The molecule has 0 aromatic heterocycles. The van der Waals surface area contributed by atoms with Gasteiger partial charge in [0.05, 0.1) is 18.6 Å². The predicted molar refractivity (Wildman–Crippen MR) is 90.3 cm³/mol. The van der Waals surface area contributed by atoms with Gasteiger partial charge in [-0.1, -0.05) is 45.4 Å². The Labute approximate surface area is 139 Å². The van der Waals surface area contributed by atoms with Gasteiger partial charge in [-0.05, 0) is 37.3 Å². The molecule has 0 N–H and O–H groups in total. The maximum Gasteiger partial charge on any atom is 0.338 e. The van der Waals surface area contributed by atoms with Crippen molar-refractivity contribution in [2.45, 2.75) is 59.5 Å². The summed E-state index contributed by atoms with van der Waals surface area (Å²) in [6.07, 6.45) is 2.53. The molecule has 0 heterocycles. The van der Waals surface area contributed by atoms with Crippen LogP contribution in [0.5, 0.6) is 0 Å². The first-order valence-corrected chi connectivity index (χ1v) is 8.38. The molecule has 0 aliphatic rings. The molecule has 0 saturated heterocycles. The molecule has 0 aliphatic carbocycles. The van der Waals surface area contributed by atoms with E-state index in [9.17, 15) is 9.59 Å². The van der Waals surface area contributed by atoms with Gasteiger partial charge >= 0.3 is 11.9 Å². The van der Waals surface area contributed by atoms with Crippen LogP contribution in [0.1, 0.15) is 62.9 Å². The fourth-order valence-electron chi connectivity index (χ4n) is 2.15. The minimum atomic E-state index is -0.499. The number of hydrogen-bond donors (Lipinski definition) is 0. The molecule has 0 amide bonds. The van der Waals surface area contributed by atoms with Crippen molar-refractivity contribution in [3.8, 4) is 0 Å². The highest BCUT2D eigenvalue weighted by Gasteiger charge is 2.18. The van der Waals surface area contributed by atoms with Crippen molar-refractivity contribution < 1.29 is 19.1 Å². The number of unbranched alkanes of at least 4 members (excludes halogenated alkanes) is 1. The van der Waals surface area contributed by atoms with Crippen LogP contribution >= 0.6 is 0 Å². The fraction of sp³-hybridized carbons (Fsp3) is 0.579. The maximum absolute atomic E-state index is 12.3. The molecule has 1 aromatic carbocycles. The van der Waals surface area contributed by atoms with Crippen LogP contribution in [0.4, 0.5) is 0 Å². The molecule has 0 aliphatic heterocycles. The van der Waals surface area contributed by atoms with Crippen molar-refractivity contribution in [1.29, 1.82) is 0 Å². The third kappa shape index (κ3) is 7.31. The molecule has 1 rings (SSSR count). The molecule has 1 unspecified atom stereocenters. The average Bonchev–Trinajstić information content (AvgIpc) is 2.51. The molecule has 4 nitrogen and oxygen atoms in total. The van der Waals surface area contributed by atoms with Crippen molar-refractivity contribution in [3.63, 3.8) is 0 Å². The topological polar surface area (TPSA) is 52.6 Å². The Kier molecular flexibility index (Phi) is 8.38. The molecule has 1 aromatic rings. The van der Waals surface area contributed by atoms with E-state index >= 15 is 0 Å². The highest BCUT2D eigenvalue weighted by molar-refractivity contribution is 5.91. The number of aryl methyl sites for hydroxylation is 1. The molecule has 0 radical (unpaired) electrons. The standard InChI is InChI=1S/C19H28O4/c1-5-6-9-16-10-7-8-11-17(16)19(21)23-15(4)12-18(20)22-13-14(2)3/h7-8,10-11,14-15H,5-6,9,12-13H2,1-4H3. The third-order valence-corrected chi connectivity index (χ3v) is 3.38. The number of benzene rings is 1. The van der Waals surface area contributed by atoms with Crippen LogP contribution in [0.15, 0.2) is 24.3 Å². The van der Waals surface area contributed by atoms with Gasteiger partial charge in [0, 0.05) is 0 Å². The highest BCUT2D eigenvalue weighted by Crippen LogP contribution is 2.15. The van der Waals surface area contributed by atoms with E-state index in [1.807, 2.05) is 32.0 Å². The van der Waals surface area contributed by atoms with E-state index in [2.05, 4.69) is 6.92 Å². The van der Waals surface area contributed by atoms with Crippen molar-refractivity contribution in [2.75, 3.05) is 6.61 Å². The second-order valence-corrected chi connectivity index (χ2v) is 6.26. The Balaban J connectivity index is 2.56. The van der Waals surface area contributed by atoms with Crippen molar-refractivity contribution in [2.24, 2.45) is 5.92 Å². The van der Waals surface area contributed by atoms with E-state index in [-0.39, 0.29) is 18.4 Å². The summed E-state index contributed by atoms with van der Waals surface area (Å²) in [5.41, 5.74) is 1.58. The van der Waals surface area contributed by atoms with E-state index in [1.54, 1.807) is 13.0 Å². The Morgan fingerprint density at radius 2 is 1.83 bits per heavy atom. The van der Waals surface area contributed by atoms with Gasteiger partial charge in [-0.25, -0.2) is 4.79 Å². The summed E-state index contributed by atoms with van der Waals surface area (Å²) in [6.45, 7) is 8.17. The Hall–Kier alpha value is -1.84. The number of carbonyl (C=O) groups is 2. The average molecular weight is 320 g/mol. The summed E-state index contributed by atoms with van der Waals surface area (Å²) in [4.78, 5) is 24.0. The molecular formula is C19H28O4. The minimum absolute atomic E-state index is 0.0790. The smallest absolute Gasteiger partial charge is 0.338 e. The SMILES string of the molecule is CCCCc1ccccc1C(=O)OC(C)CC(=O)OCC(C)C. The van der Waals surface area contributed by atoms with Crippen LogP contribution in [0.2, 0.25) is 0 Å². The van der Waals surface area contributed by atoms with Gasteiger partial charge in [0.15, 0.2) is 0 Å². The lowest BCUT2D eigenvalue weighted by atomic mass is 10.0. The van der Waals surface area contributed by atoms with E-state index in [4.69, 9.17) is 9.47 Å². The molecule has 1 atom stereocenters. The van der Waals surface area contributed by atoms with Crippen LogP contribution in [0.25, 0.3) is 0 Å². The van der Waals surface area contributed by atoms with Gasteiger partial charge in [-0.3, -0.25) is 4.79 Å². The van der Waals surface area contributed by atoms with Crippen LogP contribution < -0.4 is 0 Å². The largest absolute Gasteiger partial charge is 0.465 e. The summed E-state index contributed by atoms with van der Waals surface area (Å²) in [5, 5.41) is 0. The number of rotatable bonds is 9. The lowest BCUT2D eigenvalue weighted by molar-refractivity contribution is -0.146. The summed E-state index contributed by atoms with van der Waals surface area (Å²) in [6, 6.07) is 7.48. The minimum Gasteiger partial charge on any atom is -0.465 e. The number of carbonyl (C=O) groups excluding carboxylic acids is 2. The number of esters is 2. The molecular weight excluding hydrogens is 292 g/mol. The van der Waals surface area contributed by atoms with E-state index < -0.39 is 6.10 Å². The molecule has 0 bridgehead atoms. The first kappa shape index (κ1) is 19.2. The van der Waals surface area contributed by atoms with Gasteiger partial charge in [0.2, 0.25) is 0 Å². The second kappa shape index (κ2) is 10.0. The van der Waals surface area contributed by atoms with E-state index in [1.165, 1.54) is 0 Å². The van der Waals surface area contributed by atoms with Crippen molar-refractivity contribution in [3.05, 3.63) is 35.4 Å². The Bertz CT molecular complexity index is 508. The summed E-state index contributed by atoms with van der Waals surface area (Å²) >= 11 is 0. The molecule has 128 valence electrons. The molecule has 23 heavy (non-hydrogen) atoms. The van der Waals surface area contributed by atoms with Gasteiger partial charge in [-0.2, -0.15) is 0 Å². The second-order valence-electron chi connectivity index (χ2n) is 6.26. The van der Waals surface area contributed by atoms with Crippen LogP contribution in [-0.2, 0) is 20.7 Å². The highest BCUT2D eigenvalue weighted by atomic mass is 16.6. The maximum atomic E-state index is 12.3. The molecule has 4 heteroatoms. The van der Waals surface area contributed by atoms with Gasteiger partial charge in [-0.15, -0.1) is 0 Å². The monoisotopic (exact) mass is 320 g/mol. The number of hydrogen-bond acceptors (Lipinski definition) is 4. The Morgan fingerprint density at radius 3 is 2.48 bits per heavy atom. The van der Waals surface area contributed by atoms with Gasteiger partial charge < -0.3 is 9.47 Å². The Morgan fingerprint density at radius 1 is 1.13 bits per heavy atom. The van der Waals surface area contributed by atoms with Crippen LogP contribution in [0, 0.1) is 5.92 Å². The molecule has 0 saturated carbocycles. The lowest BCUT2D eigenvalue weighted by Gasteiger charge is -2.15. The van der Waals surface area contributed by atoms with Crippen LogP contribution in [0.3, 0.4) is 0 Å². The zero-order valence-electron chi connectivity index (χ0n) is 14.6. The molecule has 0 spiro atoms. The summed E-state index contributed by atoms with van der Waals surface area (Å²) in [5.74, 6) is -0.415. The van der Waals surface area contributed by atoms with Gasteiger partial charge in [0.25, 0.3) is 0 Å². The predicted octanol–water partition coefficient (Wildman–Crippen LogP) is 4.16. The summed E-state index contributed by atoms with van der Waals surface area (Å²) in [7, 11) is 0. The zero-order chi connectivity index (χ0) is 17.2. The quantitative estimate of drug-likeness (QED) is 0.641. The van der Waals surface area contributed by atoms with Crippen molar-refractivity contribution >= 4 is 11.9 Å². The normalized spacial score (nSPS) is 12.0. The van der Waals surface area contributed by atoms with Crippen LogP contribution in [-0.4, -0.2) is 24.6 Å². The van der Waals surface area contributed by atoms with Crippen molar-refractivity contribution in [1.82, 2.24) is 0 Å². The first-order chi connectivity index (χ1) is 10.9. The summed E-state index contributed by atoms with van der Waals surface area (Å²) < 4.78 is 10.5. The van der Waals surface area contributed by atoms with E-state index in [0.29, 0.717) is 18.1 Å².